The number of benzene rings is 1. The van der Waals surface area contributed by atoms with Gasteiger partial charge in [0.05, 0.1) is 4.90 Å². The van der Waals surface area contributed by atoms with Crippen LogP contribution in [0, 0.1) is 6.92 Å². The third-order valence-corrected chi connectivity index (χ3v) is 4.97. The summed E-state index contributed by atoms with van der Waals surface area (Å²) in [6.07, 6.45) is 2.49. The molecule has 0 fully saturated rings. The highest BCUT2D eigenvalue weighted by molar-refractivity contribution is 7.89. The van der Waals surface area contributed by atoms with Crippen LogP contribution < -0.4 is 10.5 Å². The van der Waals surface area contributed by atoms with Gasteiger partial charge in [-0.05, 0) is 37.5 Å². The molecule has 0 saturated heterocycles. The van der Waals surface area contributed by atoms with Crippen LogP contribution in [0.1, 0.15) is 38.7 Å². The summed E-state index contributed by atoms with van der Waals surface area (Å²) in [5, 5.41) is 0.326. The van der Waals surface area contributed by atoms with Crippen molar-refractivity contribution in [2.75, 3.05) is 5.73 Å². The molecule has 19 heavy (non-hydrogen) atoms. The largest absolute Gasteiger partial charge is 0.398 e. The second-order valence-electron chi connectivity index (χ2n) is 4.63. The van der Waals surface area contributed by atoms with Crippen LogP contribution in [0.4, 0.5) is 5.69 Å². The summed E-state index contributed by atoms with van der Waals surface area (Å²) in [4.78, 5) is 0.159. The molecular formula is C13H21ClN2O2S. The van der Waals surface area contributed by atoms with Gasteiger partial charge >= 0.3 is 0 Å². The van der Waals surface area contributed by atoms with Crippen LogP contribution in [0.3, 0.4) is 0 Å². The molecule has 0 aliphatic heterocycles. The molecule has 0 aliphatic rings. The van der Waals surface area contributed by atoms with Crippen LogP contribution >= 0.6 is 11.6 Å². The van der Waals surface area contributed by atoms with Crippen molar-refractivity contribution in [3.63, 3.8) is 0 Å². The highest BCUT2D eigenvalue weighted by Crippen LogP contribution is 2.26. The molecule has 1 aromatic carbocycles. The van der Waals surface area contributed by atoms with E-state index >= 15 is 0 Å². The SMILES string of the molecule is CCCC(CC)NS(=O)(=O)c1cc(Cl)cc(N)c1C. The number of hydrogen-bond donors (Lipinski definition) is 2. The number of sulfonamides is 1. The van der Waals surface area contributed by atoms with E-state index in [1.165, 1.54) is 6.07 Å². The van der Waals surface area contributed by atoms with Crippen LogP contribution in [-0.2, 0) is 10.0 Å². The minimum atomic E-state index is -3.58. The molecule has 0 radical (unpaired) electrons. The number of nitrogens with two attached hydrogens (primary N) is 1. The Morgan fingerprint density at radius 1 is 1.37 bits per heavy atom. The molecule has 3 N–H and O–H groups in total. The molecule has 0 aliphatic carbocycles. The van der Waals surface area contributed by atoms with Gasteiger partial charge in [-0.15, -0.1) is 0 Å². The van der Waals surface area contributed by atoms with E-state index in [1.807, 2.05) is 13.8 Å². The maximum Gasteiger partial charge on any atom is 0.241 e. The van der Waals surface area contributed by atoms with Crippen molar-refractivity contribution in [1.82, 2.24) is 4.72 Å². The Bertz CT molecular complexity index is 544. The summed E-state index contributed by atoms with van der Waals surface area (Å²) >= 11 is 5.89. The summed E-state index contributed by atoms with van der Waals surface area (Å²) in [7, 11) is -3.58. The van der Waals surface area contributed by atoms with Crippen molar-refractivity contribution in [2.24, 2.45) is 0 Å². The van der Waals surface area contributed by atoms with E-state index in [1.54, 1.807) is 13.0 Å². The smallest absolute Gasteiger partial charge is 0.241 e. The molecule has 0 spiro atoms. The number of halogens is 1. The summed E-state index contributed by atoms with van der Waals surface area (Å²) in [6.45, 7) is 5.67. The van der Waals surface area contributed by atoms with Crippen molar-refractivity contribution in [3.05, 3.63) is 22.7 Å². The fraction of sp³-hybridized carbons (Fsp3) is 0.538. The minimum absolute atomic E-state index is 0.0605. The third-order valence-electron chi connectivity index (χ3n) is 3.11. The Kier molecular flexibility index (Phi) is 5.64. The average Bonchev–Trinajstić information content (AvgIpc) is 2.32. The van der Waals surface area contributed by atoms with E-state index in [2.05, 4.69) is 4.72 Å². The molecule has 0 amide bonds. The Hall–Kier alpha value is -0.780. The lowest BCUT2D eigenvalue weighted by Gasteiger charge is -2.18. The van der Waals surface area contributed by atoms with Crippen molar-refractivity contribution in [2.45, 2.75) is 51.0 Å². The summed E-state index contributed by atoms with van der Waals surface area (Å²) in [5.41, 5.74) is 6.68. The molecular weight excluding hydrogens is 284 g/mol. The summed E-state index contributed by atoms with van der Waals surface area (Å²) < 4.78 is 27.5. The van der Waals surface area contributed by atoms with Gasteiger partial charge in [-0.25, -0.2) is 13.1 Å². The molecule has 1 atom stereocenters. The maximum absolute atomic E-state index is 12.4. The summed E-state index contributed by atoms with van der Waals surface area (Å²) in [5.74, 6) is 0. The van der Waals surface area contributed by atoms with E-state index in [0.29, 0.717) is 16.3 Å². The number of anilines is 1. The van der Waals surface area contributed by atoms with Gasteiger partial charge in [0.15, 0.2) is 0 Å². The normalized spacial score (nSPS) is 13.5. The van der Waals surface area contributed by atoms with Gasteiger partial charge < -0.3 is 5.73 Å². The van der Waals surface area contributed by atoms with E-state index in [-0.39, 0.29) is 10.9 Å². The molecule has 6 heteroatoms. The van der Waals surface area contributed by atoms with Crippen LogP contribution in [0.5, 0.6) is 0 Å². The first-order valence-electron chi connectivity index (χ1n) is 6.39. The lowest BCUT2D eigenvalue weighted by atomic mass is 10.1. The van der Waals surface area contributed by atoms with Crippen LogP contribution in [0.25, 0.3) is 0 Å². The monoisotopic (exact) mass is 304 g/mol. The van der Waals surface area contributed by atoms with Gasteiger partial charge in [0.25, 0.3) is 0 Å². The molecule has 1 unspecified atom stereocenters. The molecule has 0 bridgehead atoms. The van der Waals surface area contributed by atoms with E-state index < -0.39 is 10.0 Å². The number of hydrogen-bond acceptors (Lipinski definition) is 3. The van der Waals surface area contributed by atoms with E-state index in [0.717, 1.165) is 19.3 Å². The van der Waals surface area contributed by atoms with E-state index in [9.17, 15) is 8.42 Å². The topological polar surface area (TPSA) is 72.2 Å². The first kappa shape index (κ1) is 16.3. The molecule has 0 aromatic heterocycles. The highest BCUT2D eigenvalue weighted by atomic mass is 35.5. The molecule has 0 heterocycles. The molecule has 1 aromatic rings. The van der Waals surface area contributed by atoms with Gasteiger partial charge in [0.1, 0.15) is 0 Å². The third kappa shape index (κ3) is 4.09. The van der Waals surface area contributed by atoms with Crippen molar-refractivity contribution >= 4 is 27.3 Å². The zero-order valence-corrected chi connectivity index (χ0v) is 13.1. The highest BCUT2D eigenvalue weighted by Gasteiger charge is 2.22. The fourth-order valence-electron chi connectivity index (χ4n) is 1.93. The number of nitrogen functional groups attached to an aromatic ring is 1. The van der Waals surface area contributed by atoms with Crippen molar-refractivity contribution in [3.8, 4) is 0 Å². The van der Waals surface area contributed by atoms with Crippen molar-refractivity contribution < 1.29 is 8.42 Å². The van der Waals surface area contributed by atoms with Crippen LogP contribution in [0.2, 0.25) is 5.02 Å². The Balaban J connectivity index is 3.13. The molecule has 0 saturated carbocycles. The zero-order valence-electron chi connectivity index (χ0n) is 11.5. The zero-order chi connectivity index (χ0) is 14.6. The quantitative estimate of drug-likeness (QED) is 0.793. The second-order valence-corrected chi connectivity index (χ2v) is 6.75. The van der Waals surface area contributed by atoms with Crippen molar-refractivity contribution in [1.29, 1.82) is 0 Å². The predicted octanol–water partition coefficient (Wildman–Crippen LogP) is 3.09. The minimum Gasteiger partial charge on any atom is -0.398 e. The number of rotatable bonds is 6. The van der Waals surface area contributed by atoms with Crippen LogP contribution in [0.15, 0.2) is 17.0 Å². The Morgan fingerprint density at radius 3 is 2.53 bits per heavy atom. The summed E-state index contributed by atoms with van der Waals surface area (Å²) in [6, 6.07) is 2.93. The molecule has 1 rings (SSSR count). The fourth-order valence-corrected chi connectivity index (χ4v) is 3.88. The first-order valence-corrected chi connectivity index (χ1v) is 8.25. The van der Waals surface area contributed by atoms with Gasteiger partial charge in [-0.1, -0.05) is 31.9 Å². The van der Waals surface area contributed by atoms with Gasteiger partial charge in [0, 0.05) is 16.8 Å². The van der Waals surface area contributed by atoms with Crippen LogP contribution in [-0.4, -0.2) is 14.5 Å². The molecule has 108 valence electrons. The second kappa shape index (κ2) is 6.59. The Labute approximate surface area is 120 Å². The Morgan fingerprint density at radius 2 is 2.00 bits per heavy atom. The lowest BCUT2D eigenvalue weighted by molar-refractivity contribution is 0.512. The predicted molar refractivity (Wildman–Crippen MR) is 79.9 cm³/mol. The molecule has 4 nitrogen and oxygen atoms in total. The van der Waals surface area contributed by atoms with Gasteiger partial charge in [0.2, 0.25) is 10.0 Å². The number of nitrogens with one attached hydrogen (secondary N) is 1. The lowest BCUT2D eigenvalue weighted by Crippen LogP contribution is -2.34. The average molecular weight is 305 g/mol. The van der Waals surface area contributed by atoms with Gasteiger partial charge in [-0.3, -0.25) is 0 Å². The first-order chi connectivity index (χ1) is 8.81. The maximum atomic E-state index is 12.4. The standard InChI is InChI=1S/C13H21ClN2O2S/c1-4-6-11(5-2)16-19(17,18)13-8-10(14)7-12(15)9(13)3/h7-8,11,16H,4-6,15H2,1-3H3. The van der Waals surface area contributed by atoms with Gasteiger partial charge in [-0.2, -0.15) is 0 Å². The van der Waals surface area contributed by atoms with E-state index in [4.69, 9.17) is 17.3 Å².